The molecular weight excluding hydrogens is 388 g/mol. The molecule has 168 valence electrons. The van der Waals surface area contributed by atoms with Crippen LogP contribution in [0, 0.1) is 0 Å². The minimum Gasteiger partial charge on any atom is -0.481 e. The van der Waals surface area contributed by atoms with E-state index >= 15 is 0 Å². The molecule has 0 saturated heterocycles. The van der Waals surface area contributed by atoms with Gasteiger partial charge in [-0.2, -0.15) is 0 Å². The van der Waals surface area contributed by atoms with Crippen LogP contribution in [0.3, 0.4) is 0 Å². The standard InChI is InChI=1S/C18H38O9Si/c1-28(2,3)27-17-16-26-15-14-25-13-12-24-11-10-23-9-8-22-7-6-21-5-4-18(19)20/h4-17H2,1-3H3,(H,19,20). The van der Waals surface area contributed by atoms with Crippen molar-refractivity contribution < 1.29 is 42.7 Å². The molecule has 0 fully saturated rings. The van der Waals surface area contributed by atoms with Crippen molar-refractivity contribution in [3.63, 3.8) is 0 Å². The first-order valence-corrected chi connectivity index (χ1v) is 13.1. The average molecular weight is 427 g/mol. The van der Waals surface area contributed by atoms with E-state index in [1.807, 2.05) is 0 Å². The zero-order valence-electron chi connectivity index (χ0n) is 17.6. The summed E-state index contributed by atoms with van der Waals surface area (Å²) in [6.07, 6.45) is 0.0101. The molecular formula is C18H38O9Si. The van der Waals surface area contributed by atoms with Crippen molar-refractivity contribution in [3.8, 4) is 0 Å². The molecule has 0 aliphatic rings. The van der Waals surface area contributed by atoms with Crippen molar-refractivity contribution in [1.82, 2.24) is 0 Å². The molecule has 0 bridgehead atoms. The van der Waals surface area contributed by atoms with Gasteiger partial charge >= 0.3 is 5.97 Å². The first-order valence-electron chi connectivity index (χ1n) is 9.74. The molecule has 0 aromatic heterocycles. The van der Waals surface area contributed by atoms with Gasteiger partial charge in [0.05, 0.1) is 92.3 Å². The fraction of sp³-hybridized carbons (Fsp3) is 0.944. The highest BCUT2D eigenvalue weighted by Gasteiger charge is 2.12. The second kappa shape index (κ2) is 19.7. The summed E-state index contributed by atoms with van der Waals surface area (Å²) in [6.45, 7) is 12.8. The van der Waals surface area contributed by atoms with E-state index in [-0.39, 0.29) is 13.0 Å². The van der Waals surface area contributed by atoms with E-state index in [2.05, 4.69) is 19.6 Å². The van der Waals surface area contributed by atoms with Crippen LogP contribution < -0.4 is 0 Å². The second-order valence-electron chi connectivity index (χ2n) is 6.78. The van der Waals surface area contributed by atoms with Gasteiger partial charge in [0.1, 0.15) is 0 Å². The maximum Gasteiger partial charge on any atom is 0.305 e. The Morgan fingerprint density at radius 1 is 0.571 bits per heavy atom. The molecule has 0 rings (SSSR count). The van der Waals surface area contributed by atoms with E-state index in [1.165, 1.54) is 0 Å². The van der Waals surface area contributed by atoms with Crippen LogP contribution >= 0.6 is 0 Å². The van der Waals surface area contributed by atoms with Crippen molar-refractivity contribution in [2.75, 3.05) is 85.9 Å². The van der Waals surface area contributed by atoms with Gasteiger partial charge < -0.3 is 38.0 Å². The molecule has 0 unspecified atom stereocenters. The maximum atomic E-state index is 10.3. The lowest BCUT2D eigenvalue weighted by atomic mass is 10.5. The Labute approximate surface area is 169 Å². The lowest BCUT2D eigenvalue weighted by Gasteiger charge is -2.16. The van der Waals surface area contributed by atoms with Crippen molar-refractivity contribution in [2.45, 2.75) is 26.1 Å². The third-order valence-corrected chi connectivity index (χ3v) is 4.15. The van der Waals surface area contributed by atoms with Gasteiger partial charge in [-0.25, -0.2) is 0 Å². The highest BCUT2D eigenvalue weighted by atomic mass is 28.4. The minimum atomic E-state index is -1.44. The van der Waals surface area contributed by atoms with E-state index in [1.54, 1.807) is 0 Å². The molecule has 0 aromatic carbocycles. The Kier molecular flexibility index (Phi) is 19.3. The molecule has 1 N–H and O–H groups in total. The van der Waals surface area contributed by atoms with Crippen LogP contribution in [0.2, 0.25) is 19.6 Å². The molecule has 0 aliphatic carbocycles. The summed E-state index contributed by atoms with van der Waals surface area (Å²) >= 11 is 0. The van der Waals surface area contributed by atoms with Crippen molar-refractivity contribution in [1.29, 1.82) is 0 Å². The summed E-state index contributed by atoms with van der Waals surface area (Å²) in [5.74, 6) is -0.865. The highest BCUT2D eigenvalue weighted by Crippen LogP contribution is 2.01. The van der Waals surface area contributed by atoms with Gasteiger partial charge in [0, 0.05) is 0 Å². The van der Waals surface area contributed by atoms with Gasteiger partial charge in [-0.05, 0) is 19.6 Å². The van der Waals surface area contributed by atoms with Crippen molar-refractivity contribution in [3.05, 3.63) is 0 Å². The molecule has 0 heterocycles. The first kappa shape index (κ1) is 27.4. The number of hydrogen-bond acceptors (Lipinski definition) is 8. The molecule has 0 aromatic rings. The fourth-order valence-corrected chi connectivity index (χ4v) is 2.46. The van der Waals surface area contributed by atoms with E-state index in [0.29, 0.717) is 79.3 Å². The third kappa shape index (κ3) is 25.4. The van der Waals surface area contributed by atoms with E-state index < -0.39 is 14.3 Å². The van der Waals surface area contributed by atoms with E-state index in [9.17, 15) is 4.79 Å². The molecule has 0 saturated carbocycles. The van der Waals surface area contributed by atoms with Gasteiger partial charge in [0.2, 0.25) is 0 Å². The summed E-state index contributed by atoms with van der Waals surface area (Å²) in [6, 6.07) is 0. The number of ether oxygens (including phenoxy) is 6. The fourth-order valence-electron chi connectivity index (χ4n) is 1.77. The number of carboxylic acid groups (broad SMARTS) is 1. The second-order valence-corrected chi connectivity index (χ2v) is 11.3. The van der Waals surface area contributed by atoms with Crippen LogP contribution in [0.4, 0.5) is 0 Å². The Balaban J connectivity index is 3.04. The maximum absolute atomic E-state index is 10.3. The molecule has 0 radical (unpaired) electrons. The number of rotatable bonds is 22. The summed E-state index contributed by atoms with van der Waals surface area (Å²) in [5, 5.41) is 8.43. The molecule has 0 aliphatic heterocycles. The third-order valence-electron chi connectivity index (χ3n) is 3.08. The normalized spacial score (nSPS) is 11.8. The summed E-state index contributed by atoms with van der Waals surface area (Å²) in [4.78, 5) is 10.3. The van der Waals surface area contributed by atoms with Crippen LogP contribution in [0.25, 0.3) is 0 Å². The summed E-state index contributed by atoms with van der Waals surface area (Å²) < 4.78 is 37.6. The van der Waals surface area contributed by atoms with Gasteiger partial charge in [-0.15, -0.1) is 0 Å². The van der Waals surface area contributed by atoms with Gasteiger partial charge in [-0.3, -0.25) is 4.79 Å². The topological polar surface area (TPSA) is 102 Å². The molecule has 0 amide bonds. The van der Waals surface area contributed by atoms with Crippen LogP contribution in [0.15, 0.2) is 0 Å². The molecule has 28 heavy (non-hydrogen) atoms. The zero-order chi connectivity index (χ0) is 20.9. The van der Waals surface area contributed by atoms with Crippen LogP contribution in [-0.2, 0) is 37.6 Å². The van der Waals surface area contributed by atoms with Crippen molar-refractivity contribution >= 4 is 14.3 Å². The minimum absolute atomic E-state index is 0.0101. The van der Waals surface area contributed by atoms with Gasteiger partial charge in [0.25, 0.3) is 0 Å². The quantitative estimate of drug-likeness (QED) is 0.203. The monoisotopic (exact) mass is 426 g/mol. The number of aliphatic carboxylic acids is 1. The van der Waals surface area contributed by atoms with Crippen LogP contribution in [0.5, 0.6) is 0 Å². The van der Waals surface area contributed by atoms with Gasteiger partial charge in [0.15, 0.2) is 8.32 Å². The molecule has 0 spiro atoms. The Bertz CT molecular complexity index is 350. The number of carboxylic acids is 1. The largest absolute Gasteiger partial charge is 0.481 e. The lowest BCUT2D eigenvalue weighted by Crippen LogP contribution is -2.27. The molecule has 0 atom stereocenters. The first-order chi connectivity index (χ1) is 13.4. The smallest absolute Gasteiger partial charge is 0.305 e. The van der Waals surface area contributed by atoms with Crippen molar-refractivity contribution in [2.24, 2.45) is 0 Å². The number of carbonyl (C=O) groups is 1. The summed E-state index contributed by atoms with van der Waals surface area (Å²) in [7, 11) is -1.44. The van der Waals surface area contributed by atoms with Gasteiger partial charge in [-0.1, -0.05) is 0 Å². The number of hydrogen-bond donors (Lipinski definition) is 1. The SMILES string of the molecule is C[Si](C)(C)OCCOCCOCCOCCOCCOCCOCCC(=O)O. The zero-order valence-corrected chi connectivity index (χ0v) is 18.6. The predicted octanol–water partition coefficient (Wildman–Crippen LogP) is 1.41. The summed E-state index contributed by atoms with van der Waals surface area (Å²) in [5.41, 5.74) is 0. The average Bonchev–Trinajstić information content (AvgIpc) is 2.61. The predicted molar refractivity (Wildman–Crippen MR) is 106 cm³/mol. The Morgan fingerprint density at radius 3 is 1.14 bits per heavy atom. The Morgan fingerprint density at radius 2 is 0.857 bits per heavy atom. The molecule has 10 heteroatoms. The van der Waals surface area contributed by atoms with Crippen LogP contribution in [0.1, 0.15) is 6.42 Å². The highest BCUT2D eigenvalue weighted by molar-refractivity contribution is 6.69. The lowest BCUT2D eigenvalue weighted by molar-refractivity contribution is -0.138. The molecule has 9 nitrogen and oxygen atoms in total. The van der Waals surface area contributed by atoms with E-state index in [4.69, 9.17) is 38.0 Å². The van der Waals surface area contributed by atoms with E-state index in [0.717, 1.165) is 0 Å². The van der Waals surface area contributed by atoms with Crippen LogP contribution in [-0.4, -0.2) is 105 Å². The Hall–Kier alpha value is -0.593.